The molecule has 0 spiro atoms. The van der Waals surface area contributed by atoms with Crippen molar-refractivity contribution in [2.75, 3.05) is 13.2 Å². The number of esters is 1. The van der Waals surface area contributed by atoms with Crippen molar-refractivity contribution in [1.29, 1.82) is 0 Å². The molecule has 0 atom stereocenters. The molecule has 0 aliphatic carbocycles. The third-order valence-electron chi connectivity index (χ3n) is 6.57. The number of carbonyl (C=O) groups excluding carboxylic acids is 2. The van der Waals surface area contributed by atoms with Gasteiger partial charge in [0.25, 0.3) is 0 Å². The average Bonchev–Trinajstić information content (AvgIpc) is 2.79. The van der Waals surface area contributed by atoms with Crippen molar-refractivity contribution in [3.8, 4) is 5.75 Å². The first-order valence-electron chi connectivity index (χ1n) is 11.9. The average molecular weight is 451 g/mol. The highest BCUT2D eigenvalue weighted by Crippen LogP contribution is 2.41. The predicted octanol–water partition coefficient (Wildman–Crippen LogP) is 6.43. The molecule has 0 bridgehead atoms. The van der Waals surface area contributed by atoms with Gasteiger partial charge >= 0.3 is 5.97 Å². The lowest BCUT2D eigenvalue weighted by atomic mass is 9.69. The summed E-state index contributed by atoms with van der Waals surface area (Å²) in [7, 11) is 0. The molecule has 178 valence electrons. The zero-order valence-electron chi connectivity index (χ0n) is 21.0. The monoisotopic (exact) mass is 450 g/mol. The standard InChI is InChI=1S/C29H38O4/c1-8-29(9-2,24-13-11-23(21(6)17-24)12-16-28(31)32-10-3)25-14-15-27(22(7)18-25)33-19-26(30)20(4)5/h11,13-15,17-18H,4,8-10,12,16,19H2,1-3,5-7H3. The predicted molar refractivity (Wildman–Crippen MR) is 134 cm³/mol. The van der Waals surface area contributed by atoms with Crippen molar-refractivity contribution in [3.63, 3.8) is 0 Å². The number of carbonyl (C=O) groups is 2. The number of hydrogen-bond acceptors (Lipinski definition) is 4. The maximum atomic E-state index is 11.9. The first-order valence-corrected chi connectivity index (χ1v) is 11.9. The molecule has 0 radical (unpaired) electrons. The Morgan fingerprint density at radius 1 is 0.939 bits per heavy atom. The first kappa shape index (κ1) is 26.4. The number of ether oxygens (including phenoxy) is 2. The Kier molecular flexibility index (Phi) is 9.45. The van der Waals surface area contributed by atoms with Crippen LogP contribution in [0.15, 0.2) is 48.6 Å². The second-order valence-electron chi connectivity index (χ2n) is 8.71. The third kappa shape index (κ3) is 6.34. The van der Waals surface area contributed by atoms with Crippen LogP contribution in [-0.2, 0) is 26.2 Å². The van der Waals surface area contributed by atoms with Gasteiger partial charge in [-0.05, 0) is 86.4 Å². The van der Waals surface area contributed by atoms with Crippen LogP contribution in [0.5, 0.6) is 5.75 Å². The largest absolute Gasteiger partial charge is 0.485 e. The summed E-state index contributed by atoms with van der Waals surface area (Å²) in [5.74, 6) is 0.480. The number of ketones is 1. The molecule has 0 saturated carbocycles. The van der Waals surface area contributed by atoms with E-state index in [0.29, 0.717) is 25.0 Å². The lowest BCUT2D eigenvalue weighted by Gasteiger charge is -2.34. The summed E-state index contributed by atoms with van der Waals surface area (Å²) in [5, 5.41) is 0. The van der Waals surface area contributed by atoms with Crippen molar-refractivity contribution < 1.29 is 19.1 Å². The van der Waals surface area contributed by atoms with E-state index in [1.165, 1.54) is 22.3 Å². The Hall–Kier alpha value is -2.88. The number of hydrogen-bond donors (Lipinski definition) is 0. The van der Waals surface area contributed by atoms with Crippen LogP contribution in [0, 0.1) is 13.8 Å². The van der Waals surface area contributed by atoms with E-state index >= 15 is 0 Å². The molecule has 2 aromatic carbocycles. The molecular weight excluding hydrogens is 412 g/mol. The summed E-state index contributed by atoms with van der Waals surface area (Å²) in [6, 6.07) is 12.9. The molecule has 33 heavy (non-hydrogen) atoms. The lowest BCUT2D eigenvalue weighted by Crippen LogP contribution is -2.26. The van der Waals surface area contributed by atoms with Gasteiger partial charge in [0, 0.05) is 11.8 Å². The van der Waals surface area contributed by atoms with Gasteiger partial charge in [0.05, 0.1) is 6.61 Å². The molecule has 0 fully saturated rings. The van der Waals surface area contributed by atoms with Gasteiger partial charge in [-0.1, -0.05) is 50.8 Å². The minimum Gasteiger partial charge on any atom is -0.485 e. The summed E-state index contributed by atoms with van der Waals surface area (Å²) < 4.78 is 10.8. The highest BCUT2D eigenvalue weighted by Gasteiger charge is 2.31. The number of benzene rings is 2. The Morgan fingerprint density at radius 3 is 2.06 bits per heavy atom. The van der Waals surface area contributed by atoms with Crippen molar-refractivity contribution in [1.82, 2.24) is 0 Å². The zero-order chi connectivity index (χ0) is 24.6. The van der Waals surface area contributed by atoms with Gasteiger partial charge in [-0.15, -0.1) is 0 Å². The van der Waals surface area contributed by atoms with Crippen LogP contribution in [-0.4, -0.2) is 25.0 Å². The van der Waals surface area contributed by atoms with Gasteiger partial charge in [0.2, 0.25) is 0 Å². The van der Waals surface area contributed by atoms with Crippen LogP contribution < -0.4 is 4.74 Å². The Labute approximate surface area is 199 Å². The van der Waals surface area contributed by atoms with Crippen molar-refractivity contribution in [2.45, 2.75) is 72.6 Å². The molecule has 0 aliphatic rings. The normalized spacial score (nSPS) is 11.2. The van der Waals surface area contributed by atoms with E-state index in [0.717, 1.165) is 24.2 Å². The molecule has 2 aromatic rings. The highest BCUT2D eigenvalue weighted by atomic mass is 16.5. The topological polar surface area (TPSA) is 52.6 Å². The molecule has 0 heterocycles. The second-order valence-corrected chi connectivity index (χ2v) is 8.71. The smallest absolute Gasteiger partial charge is 0.306 e. The summed E-state index contributed by atoms with van der Waals surface area (Å²) in [5.41, 5.74) is 6.27. The SMILES string of the molecule is C=C(C)C(=O)COc1ccc(C(CC)(CC)c2ccc(CCC(=O)OCC)c(C)c2)cc1C. The van der Waals surface area contributed by atoms with Crippen LogP contribution in [0.4, 0.5) is 0 Å². The Morgan fingerprint density at radius 2 is 1.55 bits per heavy atom. The van der Waals surface area contributed by atoms with Crippen molar-refractivity contribution >= 4 is 11.8 Å². The van der Waals surface area contributed by atoms with Gasteiger partial charge in [0.15, 0.2) is 12.4 Å². The number of aryl methyl sites for hydroxylation is 3. The van der Waals surface area contributed by atoms with Gasteiger partial charge in [0.1, 0.15) is 5.75 Å². The summed E-state index contributed by atoms with van der Waals surface area (Å²) in [4.78, 5) is 23.6. The molecule has 2 rings (SSSR count). The first-order chi connectivity index (χ1) is 15.7. The van der Waals surface area contributed by atoms with Crippen molar-refractivity contribution in [3.05, 3.63) is 76.4 Å². The molecule has 0 unspecified atom stereocenters. The van der Waals surface area contributed by atoms with E-state index < -0.39 is 0 Å². The van der Waals surface area contributed by atoms with Gasteiger partial charge in [-0.25, -0.2) is 0 Å². The van der Waals surface area contributed by atoms with E-state index in [2.05, 4.69) is 57.7 Å². The molecule has 0 N–H and O–H groups in total. The van der Waals surface area contributed by atoms with Gasteiger partial charge in [-0.2, -0.15) is 0 Å². The second kappa shape index (κ2) is 11.8. The Balaban J connectivity index is 2.31. The van der Waals surface area contributed by atoms with Crippen LogP contribution in [0.3, 0.4) is 0 Å². The number of Topliss-reactive ketones (excluding diaryl/α,β-unsaturated/α-hetero) is 1. The molecule has 0 amide bonds. The molecule has 0 aromatic heterocycles. The fourth-order valence-corrected chi connectivity index (χ4v) is 4.35. The van der Waals surface area contributed by atoms with E-state index in [1.807, 2.05) is 19.9 Å². The fraction of sp³-hybridized carbons (Fsp3) is 0.448. The van der Waals surface area contributed by atoms with Gasteiger partial charge in [-0.3, -0.25) is 9.59 Å². The summed E-state index contributed by atoms with van der Waals surface area (Å²) >= 11 is 0. The fourth-order valence-electron chi connectivity index (χ4n) is 4.35. The van der Waals surface area contributed by atoms with E-state index in [9.17, 15) is 9.59 Å². The molecule has 4 heteroatoms. The minimum absolute atomic E-state index is 0.00861. The lowest BCUT2D eigenvalue weighted by molar-refractivity contribution is -0.143. The molecule has 4 nitrogen and oxygen atoms in total. The van der Waals surface area contributed by atoms with Crippen LogP contribution >= 0.6 is 0 Å². The van der Waals surface area contributed by atoms with E-state index in [-0.39, 0.29) is 23.8 Å². The van der Waals surface area contributed by atoms with E-state index in [4.69, 9.17) is 9.47 Å². The van der Waals surface area contributed by atoms with Crippen LogP contribution in [0.1, 0.15) is 74.8 Å². The van der Waals surface area contributed by atoms with Crippen molar-refractivity contribution in [2.24, 2.45) is 0 Å². The van der Waals surface area contributed by atoms with Crippen LogP contribution in [0.25, 0.3) is 0 Å². The van der Waals surface area contributed by atoms with E-state index in [1.54, 1.807) is 6.92 Å². The van der Waals surface area contributed by atoms with Gasteiger partial charge < -0.3 is 9.47 Å². The molecule has 0 saturated heterocycles. The zero-order valence-corrected chi connectivity index (χ0v) is 21.0. The molecular formula is C29H38O4. The summed E-state index contributed by atoms with van der Waals surface area (Å²) in [6.07, 6.45) is 3.00. The molecule has 0 aliphatic heterocycles. The van der Waals surface area contributed by atoms with Crippen LogP contribution in [0.2, 0.25) is 0 Å². The number of rotatable bonds is 12. The highest BCUT2D eigenvalue weighted by molar-refractivity contribution is 5.95. The maximum absolute atomic E-state index is 11.9. The maximum Gasteiger partial charge on any atom is 0.306 e. The summed E-state index contributed by atoms with van der Waals surface area (Å²) in [6.45, 7) is 16.2. The Bertz CT molecular complexity index is 999. The third-order valence-corrected chi connectivity index (χ3v) is 6.57. The minimum atomic E-state index is -0.153. The quantitative estimate of drug-likeness (QED) is 0.276.